The summed E-state index contributed by atoms with van der Waals surface area (Å²) in [4.78, 5) is 0. The van der Waals surface area contributed by atoms with Gasteiger partial charge in [-0.3, -0.25) is 0 Å². The van der Waals surface area contributed by atoms with Crippen molar-refractivity contribution in [3.05, 3.63) is 29.3 Å². The normalized spacial score (nSPS) is 17.4. The van der Waals surface area contributed by atoms with Gasteiger partial charge in [-0.15, -0.1) is 0 Å². The lowest BCUT2D eigenvalue weighted by Crippen LogP contribution is -2.05. The van der Waals surface area contributed by atoms with Gasteiger partial charge in [0.2, 0.25) is 0 Å². The van der Waals surface area contributed by atoms with Crippen molar-refractivity contribution in [1.29, 1.82) is 5.26 Å². The summed E-state index contributed by atoms with van der Waals surface area (Å²) in [6.45, 7) is 0.439. The molecule has 1 aromatic carbocycles. The van der Waals surface area contributed by atoms with E-state index in [4.69, 9.17) is 11.0 Å². The number of phenols is 1. The number of rotatable bonds is 2. The van der Waals surface area contributed by atoms with Gasteiger partial charge in [0.25, 0.3) is 0 Å². The van der Waals surface area contributed by atoms with Gasteiger partial charge >= 0.3 is 0 Å². The van der Waals surface area contributed by atoms with Crippen LogP contribution in [0.15, 0.2) is 18.2 Å². The minimum Gasteiger partial charge on any atom is -0.508 e. The van der Waals surface area contributed by atoms with Gasteiger partial charge < -0.3 is 10.8 Å². The van der Waals surface area contributed by atoms with Crippen LogP contribution in [0.2, 0.25) is 0 Å². The molecule has 0 aliphatic heterocycles. The van der Waals surface area contributed by atoms with Crippen molar-refractivity contribution in [2.24, 2.45) is 5.73 Å². The zero-order valence-corrected chi connectivity index (χ0v) is 7.83. The molecule has 1 aromatic rings. The fourth-order valence-electron chi connectivity index (χ4n) is 1.66. The molecule has 72 valence electrons. The van der Waals surface area contributed by atoms with E-state index in [1.165, 1.54) is 0 Å². The third-order valence-electron chi connectivity index (χ3n) is 2.78. The van der Waals surface area contributed by atoms with Gasteiger partial charge in [0, 0.05) is 12.1 Å². The van der Waals surface area contributed by atoms with Crippen LogP contribution in [0.3, 0.4) is 0 Å². The summed E-state index contributed by atoms with van der Waals surface area (Å²) < 4.78 is 0. The molecule has 0 saturated heterocycles. The zero-order valence-electron chi connectivity index (χ0n) is 7.83. The van der Waals surface area contributed by atoms with E-state index in [-0.39, 0.29) is 5.75 Å². The highest BCUT2D eigenvalue weighted by molar-refractivity contribution is 5.49. The van der Waals surface area contributed by atoms with Crippen molar-refractivity contribution in [2.75, 3.05) is 0 Å². The number of nitrogens with zero attached hydrogens (tertiary/aromatic N) is 1. The monoisotopic (exact) mass is 188 g/mol. The maximum atomic E-state index is 9.65. The zero-order chi connectivity index (χ0) is 10.2. The molecule has 0 heterocycles. The first kappa shape index (κ1) is 9.04. The van der Waals surface area contributed by atoms with Gasteiger partial charge in [0.15, 0.2) is 0 Å². The van der Waals surface area contributed by atoms with E-state index in [2.05, 4.69) is 6.07 Å². The molecule has 1 aliphatic rings. The second kappa shape index (κ2) is 3.00. The Morgan fingerprint density at radius 2 is 2.21 bits per heavy atom. The van der Waals surface area contributed by atoms with E-state index < -0.39 is 5.41 Å². The number of nitriles is 1. The molecule has 1 fully saturated rings. The first-order chi connectivity index (χ1) is 6.72. The molecular formula is C11H12N2O. The average Bonchev–Trinajstić information content (AvgIpc) is 2.99. The molecule has 3 N–H and O–H groups in total. The fourth-order valence-corrected chi connectivity index (χ4v) is 1.66. The Bertz CT molecular complexity index is 402. The van der Waals surface area contributed by atoms with Gasteiger partial charge in [0.05, 0.1) is 11.5 Å². The molecule has 1 aliphatic carbocycles. The van der Waals surface area contributed by atoms with Crippen LogP contribution in [0.5, 0.6) is 5.75 Å². The number of phenolic OH excluding ortho intramolecular Hbond substituents is 1. The average molecular weight is 188 g/mol. The maximum Gasteiger partial charge on any atom is 0.120 e. The molecule has 3 heteroatoms. The summed E-state index contributed by atoms with van der Waals surface area (Å²) >= 11 is 0. The minimum absolute atomic E-state index is 0.209. The van der Waals surface area contributed by atoms with Gasteiger partial charge in [-0.1, -0.05) is 6.07 Å². The number of nitrogens with two attached hydrogens (primary N) is 1. The Kier molecular flexibility index (Phi) is 1.94. The van der Waals surface area contributed by atoms with Crippen LogP contribution in [-0.4, -0.2) is 5.11 Å². The Morgan fingerprint density at radius 3 is 2.71 bits per heavy atom. The second-order valence-corrected chi connectivity index (χ2v) is 3.75. The highest BCUT2D eigenvalue weighted by Gasteiger charge is 2.46. The smallest absolute Gasteiger partial charge is 0.120 e. The SMILES string of the molecule is N#CC1(c2cc(CN)ccc2O)CC1. The fraction of sp³-hybridized carbons (Fsp3) is 0.364. The summed E-state index contributed by atoms with van der Waals surface area (Å²) in [5, 5.41) is 18.7. The Morgan fingerprint density at radius 1 is 1.50 bits per heavy atom. The van der Waals surface area contributed by atoms with Crippen molar-refractivity contribution in [1.82, 2.24) is 0 Å². The summed E-state index contributed by atoms with van der Waals surface area (Å²) in [6, 6.07) is 7.50. The molecular weight excluding hydrogens is 176 g/mol. The lowest BCUT2D eigenvalue weighted by atomic mass is 9.95. The number of aromatic hydroxyl groups is 1. The van der Waals surface area contributed by atoms with Crippen molar-refractivity contribution in [3.63, 3.8) is 0 Å². The van der Waals surface area contributed by atoms with Crippen molar-refractivity contribution in [3.8, 4) is 11.8 Å². The predicted molar refractivity (Wildman–Crippen MR) is 52.5 cm³/mol. The molecule has 0 radical (unpaired) electrons. The molecule has 0 amide bonds. The summed E-state index contributed by atoms with van der Waals surface area (Å²) in [7, 11) is 0. The lowest BCUT2D eigenvalue weighted by molar-refractivity contribution is 0.464. The first-order valence-corrected chi connectivity index (χ1v) is 4.65. The molecule has 0 bridgehead atoms. The number of hydrogen-bond acceptors (Lipinski definition) is 3. The quantitative estimate of drug-likeness (QED) is 0.737. The molecule has 14 heavy (non-hydrogen) atoms. The Labute approximate surface area is 82.8 Å². The van der Waals surface area contributed by atoms with E-state index in [9.17, 15) is 5.11 Å². The van der Waals surface area contributed by atoms with Crippen LogP contribution < -0.4 is 5.73 Å². The Hall–Kier alpha value is -1.53. The van der Waals surface area contributed by atoms with E-state index >= 15 is 0 Å². The molecule has 1 saturated carbocycles. The van der Waals surface area contributed by atoms with Crippen LogP contribution in [0, 0.1) is 11.3 Å². The maximum absolute atomic E-state index is 9.65. The standard InChI is InChI=1S/C11H12N2O/c12-6-8-1-2-10(14)9(5-8)11(7-13)3-4-11/h1-2,5,14H,3-4,6,12H2. The summed E-state index contributed by atoms with van der Waals surface area (Å²) in [5.41, 5.74) is 6.77. The third-order valence-corrected chi connectivity index (χ3v) is 2.78. The predicted octanol–water partition coefficient (Wildman–Crippen LogP) is 1.41. The number of hydrogen-bond donors (Lipinski definition) is 2. The van der Waals surface area contributed by atoms with Crippen molar-refractivity contribution in [2.45, 2.75) is 24.8 Å². The highest BCUT2D eigenvalue weighted by Crippen LogP contribution is 2.50. The van der Waals surface area contributed by atoms with Crippen LogP contribution in [0.25, 0.3) is 0 Å². The van der Waals surface area contributed by atoms with Crippen LogP contribution in [-0.2, 0) is 12.0 Å². The third kappa shape index (κ3) is 1.24. The lowest BCUT2D eigenvalue weighted by Gasteiger charge is -2.10. The topological polar surface area (TPSA) is 70.0 Å². The number of benzene rings is 1. The van der Waals surface area contributed by atoms with Gasteiger partial charge in [-0.2, -0.15) is 5.26 Å². The van der Waals surface area contributed by atoms with Crippen molar-refractivity contribution >= 4 is 0 Å². The van der Waals surface area contributed by atoms with Gasteiger partial charge in [-0.25, -0.2) is 0 Å². The molecule has 0 aromatic heterocycles. The van der Waals surface area contributed by atoms with E-state index in [0.717, 1.165) is 24.0 Å². The molecule has 2 rings (SSSR count). The van der Waals surface area contributed by atoms with E-state index in [1.54, 1.807) is 12.1 Å². The van der Waals surface area contributed by atoms with Crippen LogP contribution >= 0.6 is 0 Å². The minimum atomic E-state index is -0.435. The first-order valence-electron chi connectivity index (χ1n) is 4.65. The molecule has 0 spiro atoms. The molecule has 0 unspecified atom stereocenters. The van der Waals surface area contributed by atoms with Crippen molar-refractivity contribution < 1.29 is 5.11 Å². The van der Waals surface area contributed by atoms with Gasteiger partial charge in [-0.05, 0) is 30.5 Å². The molecule has 3 nitrogen and oxygen atoms in total. The van der Waals surface area contributed by atoms with Crippen LogP contribution in [0.1, 0.15) is 24.0 Å². The van der Waals surface area contributed by atoms with E-state index in [1.807, 2.05) is 6.07 Å². The summed E-state index contributed by atoms with van der Waals surface area (Å²) in [5.74, 6) is 0.209. The summed E-state index contributed by atoms with van der Waals surface area (Å²) in [6.07, 6.45) is 1.68. The Balaban J connectivity index is 2.47. The highest BCUT2D eigenvalue weighted by atomic mass is 16.3. The second-order valence-electron chi connectivity index (χ2n) is 3.75. The van der Waals surface area contributed by atoms with Gasteiger partial charge in [0.1, 0.15) is 5.75 Å². The van der Waals surface area contributed by atoms with E-state index in [0.29, 0.717) is 6.54 Å². The largest absolute Gasteiger partial charge is 0.508 e. The molecule has 0 atom stereocenters. The van der Waals surface area contributed by atoms with Crippen LogP contribution in [0.4, 0.5) is 0 Å².